The maximum Gasteiger partial charge on any atom is 0.332 e. The van der Waals surface area contributed by atoms with Gasteiger partial charge in [0.1, 0.15) is 5.75 Å². The second-order valence-electron chi connectivity index (χ2n) is 10.8. The van der Waals surface area contributed by atoms with Gasteiger partial charge in [0, 0.05) is 29.1 Å². The largest absolute Gasteiger partial charge is 0.497 e. The summed E-state index contributed by atoms with van der Waals surface area (Å²) in [6.07, 6.45) is 4.90. The van der Waals surface area contributed by atoms with Crippen molar-refractivity contribution in [2.24, 2.45) is 5.92 Å². The van der Waals surface area contributed by atoms with Gasteiger partial charge in [-0.25, -0.2) is 9.69 Å². The number of amides is 4. The van der Waals surface area contributed by atoms with E-state index in [2.05, 4.69) is 17.2 Å². The minimum atomic E-state index is -1.13. The van der Waals surface area contributed by atoms with Gasteiger partial charge in [-0.15, -0.1) is 0 Å². The van der Waals surface area contributed by atoms with Gasteiger partial charge in [-0.1, -0.05) is 6.92 Å². The number of nitrogens with zero attached hydrogens (tertiary/aromatic N) is 2. The minimum absolute atomic E-state index is 0.118. The molecule has 37 heavy (non-hydrogen) atoms. The molecule has 0 unspecified atom stereocenters. The summed E-state index contributed by atoms with van der Waals surface area (Å²) in [5.74, 6) is 1.05. The fraction of sp³-hybridized carbons (Fsp3) is 0.414. The van der Waals surface area contributed by atoms with Crippen molar-refractivity contribution in [3.05, 3.63) is 59.3 Å². The summed E-state index contributed by atoms with van der Waals surface area (Å²) in [7, 11) is 1.63. The van der Waals surface area contributed by atoms with E-state index in [0.29, 0.717) is 30.1 Å². The van der Waals surface area contributed by atoms with Crippen LogP contribution in [-0.2, 0) is 16.8 Å². The monoisotopic (exact) mass is 500 g/mol. The van der Waals surface area contributed by atoms with Crippen molar-refractivity contribution < 1.29 is 19.1 Å². The molecule has 1 saturated heterocycles. The van der Waals surface area contributed by atoms with E-state index in [1.165, 1.54) is 4.90 Å². The van der Waals surface area contributed by atoms with Gasteiger partial charge in [-0.3, -0.25) is 9.59 Å². The number of carbonyl (C=O) groups is 3. The second kappa shape index (κ2) is 8.64. The first kappa shape index (κ1) is 23.6. The van der Waals surface area contributed by atoms with Gasteiger partial charge in [-0.05, 0) is 93.0 Å². The van der Waals surface area contributed by atoms with Gasteiger partial charge in [0.15, 0.2) is 5.54 Å². The van der Waals surface area contributed by atoms with Crippen LogP contribution >= 0.6 is 0 Å². The van der Waals surface area contributed by atoms with Crippen LogP contribution in [0.2, 0.25) is 0 Å². The second-order valence-corrected chi connectivity index (χ2v) is 10.8. The Morgan fingerprint density at radius 1 is 1.08 bits per heavy atom. The number of rotatable bonds is 4. The summed E-state index contributed by atoms with van der Waals surface area (Å²) in [4.78, 5) is 46.5. The Hall–Kier alpha value is -3.81. The van der Waals surface area contributed by atoms with Crippen molar-refractivity contribution in [3.8, 4) is 5.75 Å². The minimum Gasteiger partial charge on any atom is -0.497 e. The molecular formula is C29H32N4O4. The lowest BCUT2D eigenvalue weighted by Gasteiger charge is -2.35. The third kappa shape index (κ3) is 3.61. The molecule has 3 aliphatic rings. The Labute approximate surface area is 216 Å². The quantitative estimate of drug-likeness (QED) is 0.507. The number of methoxy groups -OCH3 is 1. The van der Waals surface area contributed by atoms with Crippen LogP contribution in [0.3, 0.4) is 0 Å². The van der Waals surface area contributed by atoms with Crippen molar-refractivity contribution >= 4 is 34.4 Å². The molecule has 3 heterocycles. The third-order valence-electron chi connectivity index (χ3n) is 8.51. The number of hydrogen-bond acceptors (Lipinski definition) is 4. The normalized spacial score (nSPS) is 25.3. The molecule has 0 bridgehead atoms. The van der Waals surface area contributed by atoms with Gasteiger partial charge < -0.3 is 19.9 Å². The highest BCUT2D eigenvalue weighted by Crippen LogP contribution is 2.45. The van der Waals surface area contributed by atoms with E-state index in [9.17, 15) is 14.4 Å². The SMILES string of the molecule is COc1ccc2[nH]c3c(c2c1)CCN1C(=O)N(c2ccc(C(=O)NC4CCC(C)CC4)cc2)C(=O)[C@]31C. The summed E-state index contributed by atoms with van der Waals surface area (Å²) in [5.41, 5.74) is 2.56. The van der Waals surface area contributed by atoms with E-state index in [-0.39, 0.29) is 23.9 Å². The summed E-state index contributed by atoms with van der Waals surface area (Å²) in [6.45, 7) is 4.50. The molecular weight excluding hydrogens is 468 g/mol. The summed E-state index contributed by atoms with van der Waals surface area (Å²) < 4.78 is 5.40. The lowest BCUT2D eigenvalue weighted by atomic mass is 9.87. The van der Waals surface area contributed by atoms with E-state index in [4.69, 9.17) is 4.74 Å². The standard InChI is InChI=1S/C29H32N4O4/c1-17-4-8-19(9-5-17)30-26(34)18-6-10-20(11-7-18)33-27(35)29(2)25-22(14-15-32(29)28(33)36)23-16-21(37-3)12-13-24(23)31-25/h6-7,10-13,16-17,19,31H,4-5,8-9,14-15H2,1-3H3,(H,30,34)/t17?,19?,29-/m0/s1. The summed E-state index contributed by atoms with van der Waals surface area (Å²) >= 11 is 0. The Morgan fingerprint density at radius 2 is 1.81 bits per heavy atom. The van der Waals surface area contributed by atoms with Crippen LogP contribution in [0, 0.1) is 5.92 Å². The van der Waals surface area contributed by atoms with E-state index in [1.807, 2.05) is 25.1 Å². The first-order valence-electron chi connectivity index (χ1n) is 13.1. The van der Waals surface area contributed by atoms with Crippen LogP contribution < -0.4 is 15.0 Å². The zero-order chi connectivity index (χ0) is 25.9. The van der Waals surface area contributed by atoms with Crippen molar-refractivity contribution in [2.45, 2.75) is 57.5 Å². The predicted octanol–water partition coefficient (Wildman–Crippen LogP) is 4.73. The van der Waals surface area contributed by atoms with E-state index in [0.717, 1.165) is 53.6 Å². The number of fused-ring (bicyclic) bond motifs is 5. The zero-order valence-electron chi connectivity index (χ0n) is 21.5. The van der Waals surface area contributed by atoms with Crippen molar-refractivity contribution in [1.82, 2.24) is 15.2 Å². The number of nitrogens with one attached hydrogen (secondary N) is 2. The average Bonchev–Trinajstić information content (AvgIpc) is 3.38. The maximum atomic E-state index is 13.9. The summed E-state index contributed by atoms with van der Waals surface area (Å²) in [6, 6.07) is 12.4. The molecule has 1 atom stereocenters. The molecule has 1 aromatic heterocycles. The van der Waals surface area contributed by atoms with Gasteiger partial charge in [0.2, 0.25) is 0 Å². The molecule has 2 aliphatic heterocycles. The van der Waals surface area contributed by atoms with Gasteiger partial charge in [0.05, 0.1) is 18.5 Å². The highest BCUT2D eigenvalue weighted by molar-refractivity contribution is 6.23. The summed E-state index contributed by atoms with van der Waals surface area (Å²) in [5, 5.41) is 4.14. The first-order chi connectivity index (χ1) is 17.8. The number of hydrogen-bond donors (Lipinski definition) is 2. The number of urea groups is 1. The van der Waals surface area contributed by atoms with Crippen molar-refractivity contribution in [1.29, 1.82) is 0 Å². The predicted molar refractivity (Wildman–Crippen MR) is 141 cm³/mol. The van der Waals surface area contributed by atoms with Crippen LogP contribution in [0.5, 0.6) is 5.75 Å². The van der Waals surface area contributed by atoms with E-state index in [1.54, 1.807) is 36.3 Å². The molecule has 1 saturated carbocycles. The highest BCUT2D eigenvalue weighted by Gasteiger charge is 2.59. The lowest BCUT2D eigenvalue weighted by molar-refractivity contribution is -0.125. The first-order valence-corrected chi connectivity index (χ1v) is 13.1. The Bertz CT molecular complexity index is 1400. The molecule has 3 aromatic rings. The average molecular weight is 501 g/mol. The molecule has 8 heteroatoms. The van der Waals surface area contributed by atoms with Crippen LogP contribution in [0.1, 0.15) is 61.1 Å². The number of ether oxygens (including phenoxy) is 1. The number of benzene rings is 2. The van der Waals surface area contributed by atoms with E-state index < -0.39 is 5.54 Å². The molecule has 6 rings (SSSR count). The van der Waals surface area contributed by atoms with Gasteiger partial charge in [-0.2, -0.15) is 0 Å². The Morgan fingerprint density at radius 3 is 2.51 bits per heavy atom. The number of H-pyrrole nitrogens is 1. The topological polar surface area (TPSA) is 94.7 Å². The Kier molecular flexibility index (Phi) is 5.51. The number of aromatic nitrogens is 1. The maximum absolute atomic E-state index is 13.9. The number of carbonyl (C=O) groups excluding carboxylic acids is 3. The molecule has 4 amide bonds. The van der Waals surface area contributed by atoms with Crippen LogP contribution in [0.25, 0.3) is 10.9 Å². The molecule has 192 valence electrons. The smallest absolute Gasteiger partial charge is 0.332 e. The van der Waals surface area contributed by atoms with E-state index >= 15 is 0 Å². The fourth-order valence-corrected chi connectivity index (χ4v) is 6.21. The highest BCUT2D eigenvalue weighted by atomic mass is 16.5. The molecule has 2 aromatic carbocycles. The molecule has 2 fully saturated rings. The molecule has 1 aliphatic carbocycles. The molecule has 0 spiro atoms. The number of anilines is 1. The number of aromatic amines is 1. The van der Waals surface area contributed by atoms with Crippen molar-refractivity contribution in [2.75, 3.05) is 18.6 Å². The number of imide groups is 1. The van der Waals surface area contributed by atoms with Gasteiger partial charge in [0.25, 0.3) is 11.8 Å². The lowest BCUT2D eigenvalue weighted by Crippen LogP contribution is -2.49. The zero-order valence-corrected chi connectivity index (χ0v) is 21.5. The van der Waals surface area contributed by atoms with Crippen LogP contribution in [0.4, 0.5) is 10.5 Å². The molecule has 0 radical (unpaired) electrons. The fourth-order valence-electron chi connectivity index (χ4n) is 6.21. The Balaban J connectivity index is 1.27. The van der Waals surface area contributed by atoms with Crippen LogP contribution in [0.15, 0.2) is 42.5 Å². The third-order valence-corrected chi connectivity index (χ3v) is 8.51. The molecule has 2 N–H and O–H groups in total. The van der Waals surface area contributed by atoms with Crippen LogP contribution in [-0.4, -0.2) is 47.4 Å². The molecule has 8 nitrogen and oxygen atoms in total. The van der Waals surface area contributed by atoms with Gasteiger partial charge >= 0.3 is 6.03 Å². The van der Waals surface area contributed by atoms with Crippen molar-refractivity contribution in [3.63, 3.8) is 0 Å².